The summed E-state index contributed by atoms with van der Waals surface area (Å²) in [5, 5.41) is 9.25. The predicted octanol–water partition coefficient (Wildman–Crippen LogP) is 5.64. The zero-order valence-electron chi connectivity index (χ0n) is 20.6. The molecule has 0 unspecified atom stereocenters. The van der Waals surface area contributed by atoms with Gasteiger partial charge in [0.05, 0.1) is 6.61 Å². The van der Waals surface area contributed by atoms with Gasteiger partial charge in [-0.3, -0.25) is 0 Å². The van der Waals surface area contributed by atoms with E-state index in [0.717, 1.165) is 0 Å². The number of carbonyl (C=O) groups excluding carboxylic acids is 2. The lowest BCUT2D eigenvalue weighted by atomic mass is 10.4. The van der Waals surface area contributed by atoms with Crippen molar-refractivity contribution >= 4 is 25.4 Å². The third kappa shape index (κ3) is 25.7. The van der Waals surface area contributed by atoms with Crippen molar-refractivity contribution in [3.05, 3.63) is 0 Å². The number of ether oxygens (including phenoxy) is 2. The molecule has 0 saturated carbocycles. The number of hydrogen-bond donors (Lipinski definition) is 1. The monoisotopic (exact) mass is 584 g/mol. The van der Waals surface area contributed by atoms with E-state index in [1.165, 1.54) is 0 Å². The first-order valence-electron chi connectivity index (χ1n) is 10.0. The van der Waals surface area contributed by atoms with Gasteiger partial charge in [-0.15, -0.1) is 6.42 Å². The molecular formula is C34H64O5S. The van der Waals surface area contributed by atoms with Crippen LogP contribution in [-0.2, 0) is 19.1 Å². The molecule has 0 radical (unpaired) electrons. The lowest BCUT2D eigenvalue weighted by Crippen LogP contribution is -2.27. The van der Waals surface area contributed by atoms with Gasteiger partial charge in [0, 0.05) is 48.9 Å². The van der Waals surface area contributed by atoms with Gasteiger partial charge in [-0.2, -0.15) is 13.5 Å². The Kier molecular flexibility index (Phi) is 25.0. The number of rotatable bonds is 4. The number of aliphatic hydroxyl groups is 1. The Morgan fingerprint density at radius 1 is 0.625 bits per heavy atom. The molecular weight excluding hydrogens is 520 g/mol. The molecule has 5 nitrogen and oxygen atoms in total. The van der Waals surface area contributed by atoms with Crippen LogP contribution in [0.15, 0.2) is 0 Å². The molecule has 0 aliphatic heterocycles. The summed E-state index contributed by atoms with van der Waals surface area (Å²) in [7, 11) is 0. The van der Waals surface area contributed by atoms with Gasteiger partial charge in [0.25, 0.3) is 0 Å². The molecule has 40 heavy (non-hydrogen) atoms. The molecule has 0 heterocycles. The molecule has 0 rings (SSSR count). The van der Waals surface area contributed by atoms with Crippen LogP contribution in [0.3, 0.4) is 0 Å². The smallest absolute Gasteiger partial charge is 0.385 e. The Morgan fingerprint density at radius 2 is 0.975 bits per heavy atom. The van der Waals surface area contributed by atoms with E-state index in [1.54, 1.807) is 6.92 Å². The molecule has 236 valence electrons. The van der Waals surface area contributed by atoms with E-state index in [4.69, 9.17) is 15.9 Å². The predicted molar refractivity (Wildman–Crippen MR) is 209 cm³/mol. The van der Waals surface area contributed by atoms with Gasteiger partial charge in [0.1, 0.15) is 6.61 Å². The fraction of sp³-hybridized carbons (Fsp3) is 0.118. The van der Waals surface area contributed by atoms with Crippen molar-refractivity contribution in [2.45, 2.75) is 13.0 Å². The lowest BCUT2D eigenvalue weighted by Gasteiger charge is -2.12. The fourth-order valence-electron chi connectivity index (χ4n) is 1.37. The first kappa shape index (κ1) is 35.3. The van der Waals surface area contributed by atoms with Crippen LogP contribution in [0.2, 0.25) is 0 Å². The van der Waals surface area contributed by atoms with E-state index in [0.29, 0.717) is 0 Å². The molecule has 0 aliphatic rings. The van der Waals surface area contributed by atoms with Gasteiger partial charge in [0.2, 0.25) is 0 Å². The molecule has 0 aromatic rings. The first-order valence-corrected chi connectivity index (χ1v) is 10.0. The number of carbonyl (C=O) groups is 2. The van der Waals surface area contributed by atoms with Crippen molar-refractivity contribution in [1.29, 1.82) is 0 Å². The summed E-state index contributed by atoms with van der Waals surface area (Å²) in [4.78, 5) is 23.2. The van der Waals surface area contributed by atoms with Gasteiger partial charge in [0.15, 0.2) is 6.10 Å². The molecule has 0 aromatic heterocycles. The number of aliphatic hydroxyl groups excluding tert-OH is 1. The zero-order chi connectivity index (χ0) is 28.7. The minimum Gasteiger partial charge on any atom is -0.452 e. The molecule has 1 N–H and O–H groups in total. The van der Waals surface area contributed by atoms with E-state index in [9.17, 15) is 14.7 Å². The topological polar surface area (TPSA) is 72.8 Å². The minimum absolute atomic E-state index is 0. The van der Waals surface area contributed by atoms with Gasteiger partial charge < -0.3 is 14.6 Å². The largest absolute Gasteiger partial charge is 0.452 e. The summed E-state index contributed by atoms with van der Waals surface area (Å²) in [6, 6.07) is 0. The van der Waals surface area contributed by atoms with Gasteiger partial charge >= 0.3 is 11.9 Å². The van der Waals surface area contributed by atoms with Crippen LogP contribution in [0.5, 0.6) is 0 Å². The van der Waals surface area contributed by atoms with Crippen LogP contribution in [0.25, 0.3) is 0 Å². The average molecular weight is 585 g/mol. The Bertz CT molecular complexity index is 1920. The molecule has 0 saturated heterocycles. The molecule has 0 fully saturated rings. The maximum Gasteiger partial charge on any atom is 0.385 e. The highest BCUT2D eigenvalue weighted by Crippen LogP contribution is 1.94. The van der Waals surface area contributed by atoms with Crippen LogP contribution < -0.4 is 0 Å². The summed E-state index contributed by atoms with van der Waals surface area (Å²) in [5.41, 5.74) is 0. The fourth-order valence-corrected chi connectivity index (χ4v) is 1.37. The molecule has 0 amide bonds. The van der Waals surface area contributed by atoms with Crippen molar-refractivity contribution < 1.29 is 61.3 Å². The maximum absolute atomic E-state index is 11.6. The third-order valence-corrected chi connectivity index (χ3v) is 2.72. The Morgan fingerprint density at radius 3 is 1.35 bits per heavy atom. The van der Waals surface area contributed by atoms with Gasteiger partial charge in [-0.05, 0) is 149 Å². The SMILES string of the molecule is C#CC#CC#CC#CC#CC#CC#CC(=O)O[C@H](CO)COC(=O)C#CC#CC#CC#CC#CC#CC#CC.S.[HH].[HH].[HH].[HH].[HH].[HH].[HH].[HH].[HH].[HH].[HH].[HH].[HH].[HH].[HH].[HH].[HH].[HH].[HH].[HH].[HH].[HH].[HH].[HH].[HH].[HH]. The van der Waals surface area contributed by atoms with Crippen molar-refractivity contribution in [2.75, 3.05) is 13.2 Å². The van der Waals surface area contributed by atoms with Crippen LogP contribution in [0.1, 0.15) is 44.0 Å². The highest BCUT2D eigenvalue weighted by Gasteiger charge is 2.14. The molecule has 1 atom stereocenters. The van der Waals surface area contributed by atoms with Gasteiger partial charge in [-0.25, -0.2) is 9.59 Å². The molecule has 0 spiro atoms. The van der Waals surface area contributed by atoms with Crippen LogP contribution in [0.4, 0.5) is 0 Å². The van der Waals surface area contributed by atoms with Crippen LogP contribution >= 0.6 is 13.5 Å². The van der Waals surface area contributed by atoms with Gasteiger partial charge in [-0.1, -0.05) is 5.92 Å². The van der Waals surface area contributed by atoms with E-state index < -0.39 is 31.3 Å². The quantitative estimate of drug-likeness (QED) is 0.263. The standard InChI is InChI=1S/C34H10O5.H2S.26H2/c1-3-5-7-9-11-13-15-17-19-20-22-24-26-28-33(36)38-31-32(30-35)39-34(37)29-27-25-23-21-18-16-14-12-10-8-6-4-2;;;;;;;;;;;;;;;;;;;;;;;;;;;/h2,32,35H,30-31H2,1H3;1H2;26*1H/t32-;;;;;;;;;;;;;;;;;;;;;;;;;;;/m1.........................../s1. The number of esters is 2. The second-order valence-electron chi connectivity index (χ2n) is 5.33. The van der Waals surface area contributed by atoms with E-state index in [1.807, 2.05) is 0 Å². The minimum atomic E-state index is -1.16. The van der Waals surface area contributed by atoms with Crippen LogP contribution in [0, 0.1) is 166 Å². The highest BCUT2D eigenvalue weighted by atomic mass is 32.1. The van der Waals surface area contributed by atoms with E-state index >= 15 is 0 Å². The average Bonchev–Trinajstić information content (AvgIpc) is 2.94. The third-order valence-electron chi connectivity index (χ3n) is 2.72. The van der Waals surface area contributed by atoms with Crippen molar-refractivity contribution in [1.82, 2.24) is 0 Å². The highest BCUT2D eigenvalue weighted by molar-refractivity contribution is 7.59. The zero-order valence-corrected chi connectivity index (χ0v) is 21.6. The van der Waals surface area contributed by atoms with E-state index in [-0.39, 0.29) is 50.6 Å². The lowest BCUT2D eigenvalue weighted by molar-refractivity contribution is -0.153. The van der Waals surface area contributed by atoms with Crippen molar-refractivity contribution in [3.8, 4) is 166 Å². The Balaban J connectivity index is -0.0000000206. The van der Waals surface area contributed by atoms with E-state index in [2.05, 4.69) is 160 Å². The first-order chi connectivity index (χ1) is 19.1. The number of hydrogen-bond acceptors (Lipinski definition) is 5. The second-order valence-corrected chi connectivity index (χ2v) is 5.33. The summed E-state index contributed by atoms with van der Waals surface area (Å²) < 4.78 is 9.61. The molecule has 0 bridgehead atoms. The van der Waals surface area contributed by atoms with Crippen molar-refractivity contribution in [3.63, 3.8) is 0 Å². The number of terminal acetylenes is 1. The summed E-state index contributed by atoms with van der Waals surface area (Å²) in [6.07, 6.45) is 3.76. The van der Waals surface area contributed by atoms with Crippen LogP contribution in [-0.4, -0.2) is 36.4 Å². The Hall–Kier alpha value is -6.91. The maximum atomic E-state index is 11.6. The molecule has 6 heteroatoms. The summed E-state index contributed by atoms with van der Waals surface area (Å²) >= 11 is 0. The van der Waals surface area contributed by atoms with Crippen molar-refractivity contribution in [2.24, 2.45) is 0 Å². The summed E-state index contributed by atoms with van der Waals surface area (Å²) in [6.45, 7) is 0.582. The Labute approximate surface area is 280 Å². The molecule has 0 aliphatic carbocycles. The normalized spacial score (nSPS) is 6.22. The molecule has 0 aromatic carbocycles. The summed E-state index contributed by atoms with van der Waals surface area (Å²) in [5.74, 6) is 61.7. The second kappa shape index (κ2) is 28.3.